The number of phenolic OH excluding ortho intramolecular Hbond substituents is 2. The van der Waals surface area contributed by atoms with E-state index in [0.717, 1.165) is 22.3 Å². The van der Waals surface area contributed by atoms with Crippen molar-refractivity contribution in [2.75, 3.05) is 0 Å². The molecule has 0 aliphatic heterocycles. The van der Waals surface area contributed by atoms with Crippen LogP contribution in [0.2, 0.25) is 0 Å². The van der Waals surface area contributed by atoms with E-state index in [1.165, 1.54) is 43.2 Å². The second-order valence-corrected chi connectivity index (χ2v) is 18.1. The minimum atomic E-state index is -1.60. The molecule has 3 rings (SSSR count). The Morgan fingerprint density at radius 2 is 1.00 bits per heavy atom. The van der Waals surface area contributed by atoms with E-state index in [2.05, 4.69) is 127 Å². The van der Waals surface area contributed by atoms with Crippen LogP contribution in [0, 0.1) is 0 Å². The molecular formula is C36H58ClMnN2O2. The summed E-state index contributed by atoms with van der Waals surface area (Å²) >= 11 is -1.60. The molecule has 1 aliphatic carbocycles. The molecule has 1 aliphatic rings. The molecule has 0 amide bonds. The van der Waals surface area contributed by atoms with Crippen LogP contribution in [0.25, 0.3) is 0 Å². The third-order valence-electron chi connectivity index (χ3n) is 8.07. The van der Waals surface area contributed by atoms with E-state index in [1.54, 1.807) is 0 Å². The normalized spacial score (nSPS) is 16.5. The number of rotatable bonds is 5. The van der Waals surface area contributed by atoms with Gasteiger partial charge in [0.1, 0.15) is 0 Å². The van der Waals surface area contributed by atoms with E-state index >= 15 is 0 Å². The van der Waals surface area contributed by atoms with Gasteiger partial charge in [-0.1, -0.05) is 0 Å². The van der Waals surface area contributed by atoms with Crippen molar-refractivity contribution in [1.82, 2.24) is 9.87 Å². The fourth-order valence-electron chi connectivity index (χ4n) is 5.22. The summed E-state index contributed by atoms with van der Waals surface area (Å²) in [5.74, 6) is 0.703. The molecule has 0 radical (unpaired) electrons. The number of nitrogens with one attached hydrogen (secondary N) is 2. The summed E-state index contributed by atoms with van der Waals surface area (Å²) in [6.07, 6.45) is 6.14. The molecule has 238 valence electrons. The molecule has 0 saturated heterocycles. The maximum absolute atomic E-state index is 11.6. The summed E-state index contributed by atoms with van der Waals surface area (Å²) in [6.45, 7) is 26.3. The van der Waals surface area contributed by atoms with Crippen LogP contribution < -0.4 is 9.87 Å². The number of hydrogen-bond donors (Lipinski definition) is 4. The van der Waals surface area contributed by atoms with E-state index in [0.29, 0.717) is 17.5 Å². The SMILES string of the molecule is CC(C)(C)c1cc(/[CH]=[Mn](=[CH]/c2cc(C(C)(C)C)cc(C(C)(C)C)c2O)\[NH]NC2CCCCC2)c(O)c(C(C)(C)C)c1.Cl. The largest absolute Gasteiger partial charge is 0.147 e. The number of phenols is 2. The van der Waals surface area contributed by atoms with Crippen LogP contribution >= 0.6 is 12.4 Å². The van der Waals surface area contributed by atoms with Crippen LogP contribution in [0.5, 0.6) is 11.5 Å². The van der Waals surface area contributed by atoms with Crippen LogP contribution in [-0.2, 0) is 34.9 Å². The standard InChI is InChI=1S/2C15H22O.C6H13N2.ClH.Mn/c2*1-10-8-11(14(2,3)4)9-12(13(10)16)15(5,6)7;7-8-6-4-2-1-3-5-6;;/h2*1,8-9,16H,2-7H3;6-8H,1-5H2;1H;/q;;-1;;+1. The van der Waals surface area contributed by atoms with Crippen molar-refractivity contribution in [2.24, 2.45) is 0 Å². The molecule has 4 N–H and O–H groups in total. The topological polar surface area (TPSA) is 64.5 Å². The number of hydrazine groups is 1. The zero-order valence-electron chi connectivity index (χ0n) is 28.3. The van der Waals surface area contributed by atoms with E-state index < -0.39 is 13.2 Å². The Morgan fingerprint density at radius 1 is 0.619 bits per heavy atom. The van der Waals surface area contributed by atoms with Crippen molar-refractivity contribution >= 4 is 22.2 Å². The third-order valence-corrected chi connectivity index (χ3v) is 10.0. The van der Waals surface area contributed by atoms with Gasteiger partial charge in [0.2, 0.25) is 0 Å². The maximum Gasteiger partial charge on any atom is -0.147 e. The predicted octanol–water partition coefficient (Wildman–Crippen LogP) is 8.67. The second kappa shape index (κ2) is 13.7. The summed E-state index contributed by atoms with van der Waals surface area (Å²) in [4.78, 5) is 4.42. The van der Waals surface area contributed by atoms with Crippen LogP contribution in [0.1, 0.15) is 149 Å². The van der Waals surface area contributed by atoms with Crippen molar-refractivity contribution in [3.8, 4) is 11.5 Å². The van der Waals surface area contributed by atoms with Crippen molar-refractivity contribution in [1.29, 1.82) is 0 Å². The molecule has 0 spiro atoms. The Balaban J connectivity index is 0.00000616. The van der Waals surface area contributed by atoms with Gasteiger partial charge in [0.25, 0.3) is 0 Å². The van der Waals surface area contributed by atoms with Gasteiger partial charge >= 0.3 is 255 Å². The van der Waals surface area contributed by atoms with Gasteiger partial charge in [0, 0.05) is 0 Å². The number of benzene rings is 2. The summed E-state index contributed by atoms with van der Waals surface area (Å²) in [7, 11) is 0. The Labute approximate surface area is 266 Å². The molecule has 0 atom stereocenters. The van der Waals surface area contributed by atoms with Gasteiger partial charge < -0.3 is 0 Å². The first-order valence-electron chi connectivity index (χ1n) is 15.3. The first kappa shape index (κ1) is 36.7. The fourth-order valence-corrected chi connectivity index (χ4v) is 7.23. The fraction of sp³-hybridized carbons (Fsp3) is 0.611. The van der Waals surface area contributed by atoms with Crippen LogP contribution in [0.15, 0.2) is 24.3 Å². The average molecular weight is 641 g/mol. The minimum absolute atomic E-state index is 0. The van der Waals surface area contributed by atoms with Gasteiger partial charge in [-0.15, -0.1) is 12.4 Å². The van der Waals surface area contributed by atoms with E-state index in [4.69, 9.17) is 0 Å². The van der Waals surface area contributed by atoms with E-state index in [-0.39, 0.29) is 34.1 Å². The second-order valence-electron chi connectivity index (χ2n) is 16.1. The molecule has 1 fully saturated rings. The van der Waals surface area contributed by atoms with Gasteiger partial charge in [0.15, 0.2) is 0 Å². The van der Waals surface area contributed by atoms with E-state index in [1.807, 2.05) is 0 Å². The van der Waals surface area contributed by atoms with E-state index in [9.17, 15) is 10.2 Å². The van der Waals surface area contributed by atoms with Gasteiger partial charge in [-0.05, 0) is 0 Å². The Kier molecular flexibility index (Phi) is 11.9. The van der Waals surface area contributed by atoms with Gasteiger partial charge in [-0.3, -0.25) is 0 Å². The zero-order chi connectivity index (χ0) is 31.0. The monoisotopic (exact) mass is 640 g/mol. The number of hydrogen-bond acceptors (Lipinski definition) is 4. The van der Waals surface area contributed by atoms with Crippen LogP contribution in [0.3, 0.4) is 0 Å². The van der Waals surface area contributed by atoms with Crippen molar-refractivity contribution in [3.05, 3.63) is 57.6 Å². The first-order chi connectivity index (χ1) is 18.7. The zero-order valence-corrected chi connectivity index (χ0v) is 30.3. The van der Waals surface area contributed by atoms with Gasteiger partial charge in [0.05, 0.1) is 0 Å². The minimum Gasteiger partial charge on any atom is -0.147 e. The number of halogens is 1. The Bertz CT molecular complexity index is 1230. The van der Waals surface area contributed by atoms with Gasteiger partial charge in [-0.2, -0.15) is 0 Å². The average Bonchev–Trinajstić information content (AvgIpc) is 2.82. The summed E-state index contributed by atoms with van der Waals surface area (Å²) in [6, 6.07) is 9.08. The summed E-state index contributed by atoms with van der Waals surface area (Å²) in [5, 5.41) is 23.2. The maximum atomic E-state index is 11.6. The molecule has 0 aromatic heterocycles. The Hall–Kier alpha value is -1.49. The first-order valence-corrected chi connectivity index (χ1v) is 17.3. The summed E-state index contributed by atoms with van der Waals surface area (Å²) in [5.41, 5.74) is 9.21. The molecule has 42 heavy (non-hydrogen) atoms. The van der Waals surface area contributed by atoms with Crippen LogP contribution in [-0.4, -0.2) is 26.1 Å². The molecule has 6 heteroatoms. The molecule has 0 bridgehead atoms. The van der Waals surface area contributed by atoms with Crippen molar-refractivity contribution < 1.29 is 23.5 Å². The van der Waals surface area contributed by atoms with Crippen LogP contribution in [0.4, 0.5) is 0 Å². The van der Waals surface area contributed by atoms with Crippen molar-refractivity contribution in [3.63, 3.8) is 0 Å². The molecule has 2 aromatic rings. The molecule has 4 nitrogen and oxygen atoms in total. The smallest absolute Gasteiger partial charge is 0.147 e. The molecule has 0 heterocycles. The Morgan fingerprint density at radius 3 is 1.33 bits per heavy atom. The molecule has 2 aromatic carbocycles. The predicted molar refractivity (Wildman–Crippen MR) is 182 cm³/mol. The molecular weight excluding hydrogens is 583 g/mol. The molecule has 0 unspecified atom stereocenters. The van der Waals surface area contributed by atoms with Gasteiger partial charge in [-0.25, -0.2) is 0 Å². The summed E-state index contributed by atoms with van der Waals surface area (Å²) < 4.78 is 3.69. The number of aromatic hydroxyl groups is 2. The van der Waals surface area contributed by atoms with Crippen molar-refractivity contribution in [2.45, 2.75) is 143 Å². The quantitative estimate of drug-likeness (QED) is 0.195. The third kappa shape index (κ3) is 9.50. The molecule has 1 saturated carbocycles.